The lowest BCUT2D eigenvalue weighted by Gasteiger charge is -2.22. The van der Waals surface area contributed by atoms with Gasteiger partial charge in [-0.1, -0.05) is 12.1 Å². The van der Waals surface area contributed by atoms with Gasteiger partial charge in [-0.2, -0.15) is 0 Å². The summed E-state index contributed by atoms with van der Waals surface area (Å²) in [6.07, 6.45) is 0.870. The fraction of sp³-hybridized carbons (Fsp3) is 0.308. The van der Waals surface area contributed by atoms with E-state index in [-0.39, 0.29) is 5.91 Å². The van der Waals surface area contributed by atoms with Crippen molar-refractivity contribution in [2.24, 2.45) is 0 Å². The summed E-state index contributed by atoms with van der Waals surface area (Å²) < 4.78 is 5.31. The summed E-state index contributed by atoms with van der Waals surface area (Å²) in [5.41, 5.74) is 2.74. The highest BCUT2D eigenvalue weighted by molar-refractivity contribution is 6.09. The Hall–Kier alpha value is -1.97. The van der Waals surface area contributed by atoms with Crippen molar-refractivity contribution in [1.29, 1.82) is 0 Å². The van der Waals surface area contributed by atoms with E-state index in [4.69, 9.17) is 4.74 Å². The maximum atomic E-state index is 12.2. The van der Waals surface area contributed by atoms with E-state index in [2.05, 4.69) is 4.98 Å². The second kappa shape index (κ2) is 3.52. The van der Waals surface area contributed by atoms with Gasteiger partial charge in [0.25, 0.3) is 5.91 Å². The Morgan fingerprint density at radius 1 is 1.41 bits per heavy atom. The lowest BCUT2D eigenvalue weighted by atomic mass is 10.0. The number of carbonyl (C=O) groups excluding carboxylic acids is 1. The molecule has 4 nitrogen and oxygen atoms in total. The molecule has 1 N–H and O–H groups in total. The molecule has 0 radical (unpaired) electrons. The van der Waals surface area contributed by atoms with Gasteiger partial charge in [0.05, 0.1) is 18.2 Å². The first-order valence-electron chi connectivity index (χ1n) is 5.65. The molecule has 4 heteroatoms. The van der Waals surface area contributed by atoms with Crippen LogP contribution in [0.3, 0.4) is 0 Å². The van der Waals surface area contributed by atoms with Crippen LogP contribution in [0, 0.1) is 0 Å². The molecule has 1 aliphatic rings. The van der Waals surface area contributed by atoms with Gasteiger partial charge in [-0.15, -0.1) is 0 Å². The van der Waals surface area contributed by atoms with Crippen LogP contribution in [0.25, 0.3) is 10.9 Å². The van der Waals surface area contributed by atoms with Gasteiger partial charge < -0.3 is 14.6 Å². The predicted molar refractivity (Wildman–Crippen MR) is 65.5 cm³/mol. The molecular formula is C13H14N2O2. The number of para-hydroxylation sites is 1. The Morgan fingerprint density at radius 2 is 2.24 bits per heavy atom. The Balaban J connectivity index is 2.32. The number of hydrogen-bond acceptors (Lipinski definition) is 2. The van der Waals surface area contributed by atoms with E-state index in [1.165, 1.54) is 0 Å². The Bertz CT molecular complexity index is 601. The molecular weight excluding hydrogens is 216 g/mol. The number of likely N-dealkylation sites (N-methyl/N-ethyl adjacent to an activating group) is 1. The first-order chi connectivity index (χ1) is 8.22. The van der Waals surface area contributed by atoms with Crippen LogP contribution >= 0.6 is 0 Å². The minimum Gasteiger partial charge on any atom is -0.495 e. The zero-order chi connectivity index (χ0) is 12.0. The zero-order valence-electron chi connectivity index (χ0n) is 9.91. The maximum Gasteiger partial charge on any atom is 0.256 e. The molecule has 1 aromatic heterocycles. The van der Waals surface area contributed by atoms with E-state index in [0.29, 0.717) is 0 Å². The van der Waals surface area contributed by atoms with Crippen molar-refractivity contribution < 1.29 is 9.53 Å². The third kappa shape index (κ3) is 1.33. The average Bonchev–Trinajstić information content (AvgIpc) is 2.72. The number of amides is 1. The second-order valence-electron chi connectivity index (χ2n) is 4.34. The normalized spacial score (nSPS) is 15.2. The number of ether oxygens (including phenoxy) is 1. The van der Waals surface area contributed by atoms with Gasteiger partial charge in [0.1, 0.15) is 5.75 Å². The minimum absolute atomic E-state index is 0.0887. The molecule has 88 valence electrons. The number of nitrogens with zero attached hydrogens (tertiary/aromatic N) is 1. The molecule has 0 atom stereocenters. The first kappa shape index (κ1) is 10.2. The Kier molecular flexibility index (Phi) is 2.11. The Morgan fingerprint density at radius 3 is 3.00 bits per heavy atom. The predicted octanol–water partition coefficient (Wildman–Crippen LogP) is 1.80. The summed E-state index contributed by atoms with van der Waals surface area (Å²) in [5, 5.41) is 0.955. The molecule has 0 unspecified atom stereocenters. The van der Waals surface area contributed by atoms with Crippen molar-refractivity contribution in [3.05, 3.63) is 29.5 Å². The summed E-state index contributed by atoms with van der Waals surface area (Å²) in [7, 11) is 3.48. The quantitative estimate of drug-likeness (QED) is 0.812. The van der Waals surface area contributed by atoms with E-state index in [0.717, 1.165) is 40.9 Å². The van der Waals surface area contributed by atoms with Crippen LogP contribution in [0.2, 0.25) is 0 Å². The van der Waals surface area contributed by atoms with E-state index in [9.17, 15) is 4.79 Å². The molecule has 0 bridgehead atoms. The minimum atomic E-state index is 0.0887. The molecule has 17 heavy (non-hydrogen) atoms. The van der Waals surface area contributed by atoms with Crippen LogP contribution in [-0.4, -0.2) is 36.5 Å². The molecule has 0 aliphatic carbocycles. The number of rotatable bonds is 1. The van der Waals surface area contributed by atoms with Crippen LogP contribution in [0.1, 0.15) is 16.1 Å². The largest absolute Gasteiger partial charge is 0.495 e. The summed E-state index contributed by atoms with van der Waals surface area (Å²) in [4.78, 5) is 17.2. The lowest BCUT2D eigenvalue weighted by Crippen LogP contribution is -2.33. The molecule has 2 heterocycles. The van der Waals surface area contributed by atoms with Crippen molar-refractivity contribution in [3.8, 4) is 5.75 Å². The number of aromatic nitrogens is 1. The number of H-pyrrole nitrogens is 1. The molecule has 0 saturated carbocycles. The maximum absolute atomic E-state index is 12.2. The number of nitrogens with one attached hydrogen (secondary N) is 1. The number of carbonyl (C=O) groups is 1. The molecule has 1 aliphatic heterocycles. The van der Waals surface area contributed by atoms with Crippen molar-refractivity contribution in [2.45, 2.75) is 6.42 Å². The lowest BCUT2D eigenvalue weighted by molar-refractivity contribution is 0.0782. The summed E-state index contributed by atoms with van der Waals surface area (Å²) in [6.45, 7) is 0.765. The second-order valence-corrected chi connectivity index (χ2v) is 4.34. The zero-order valence-corrected chi connectivity index (χ0v) is 9.91. The summed E-state index contributed by atoms with van der Waals surface area (Å²) in [5.74, 6) is 0.873. The van der Waals surface area contributed by atoms with Crippen molar-refractivity contribution >= 4 is 16.8 Å². The number of fused-ring (bicyclic) bond motifs is 3. The topological polar surface area (TPSA) is 45.3 Å². The van der Waals surface area contributed by atoms with Crippen LogP contribution in [0.4, 0.5) is 0 Å². The summed E-state index contributed by atoms with van der Waals surface area (Å²) >= 11 is 0. The van der Waals surface area contributed by atoms with Crippen molar-refractivity contribution in [2.75, 3.05) is 20.7 Å². The molecule has 0 fully saturated rings. The van der Waals surface area contributed by atoms with Gasteiger partial charge in [-0.25, -0.2) is 0 Å². The van der Waals surface area contributed by atoms with Crippen molar-refractivity contribution in [1.82, 2.24) is 9.88 Å². The molecule has 0 saturated heterocycles. The van der Waals surface area contributed by atoms with E-state index in [1.807, 2.05) is 25.2 Å². The van der Waals surface area contributed by atoms with Crippen molar-refractivity contribution in [3.63, 3.8) is 0 Å². The number of hydrogen-bond donors (Lipinski definition) is 1. The number of methoxy groups -OCH3 is 1. The fourth-order valence-corrected chi connectivity index (χ4v) is 2.42. The SMILES string of the molecule is COc1cccc2c3c([nH]c12)CCN(C)C3=O. The standard InChI is InChI=1S/C13H14N2O2/c1-15-7-6-9-11(13(15)16)8-4-3-5-10(17-2)12(8)14-9/h3-5,14H,6-7H2,1-2H3. The third-order valence-electron chi connectivity index (χ3n) is 3.35. The van der Waals surface area contributed by atoms with E-state index >= 15 is 0 Å². The van der Waals surface area contributed by atoms with Crippen LogP contribution in [0.5, 0.6) is 5.75 Å². The van der Waals surface area contributed by atoms with Crippen LogP contribution in [0.15, 0.2) is 18.2 Å². The van der Waals surface area contributed by atoms with Gasteiger partial charge in [0, 0.05) is 31.1 Å². The average molecular weight is 230 g/mol. The molecule has 2 aromatic rings. The third-order valence-corrected chi connectivity index (χ3v) is 3.35. The van der Waals surface area contributed by atoms with Gasteiger partial charge in [0.2, 0.25) is 0 Å². The highest BCUT2D eigenvalue weighted by Crippen LogP contribution is 2.32. The molecule has 1 amide bonds. The van der Waals surface area contributed by atoms with Gasteiger partial charge >= 0.3 is 0 Å². The highest BCUT2D eigenvalue weighted by Gasteiger charge is 2.26. The smallest absolute Gasteiger partial charge is 0.256 e. The van der Waals surface area contributed by atoms with Crippen LogP contribution < -0.4 is 4.74 Å². The fourth-order valence-electron chi connectivity index (χ4n) is 2.42. The van der Waals surface area contributed by atoms with Gasteiger partial charge in [0.15, 0.2) is 0 Å². The van der Waals surface area contributed by atoms with Gasteiger partial charge in [-0.3, -0.25) is 4.79 Å². The first-order valence-corrected chi connectivity index (χ1v) is 5.65. The summed E-state index contributed by atoms with van der Waals surface area (Å²) in [6, 6.07) is 5.78. The monoisotopic (exact) mass is 230 g/mol. The van der Waals surface area contributed by atoms with E-state index in [1.54, 1.807) is 12.0 Å². The highest BCUT2D eigenvalue weighted by atomic mass is 16.5. The van der Waals surface area contributed by atoms with E-state index < -0.39 is 0 Å². The number of benzene rings is 1. The molecule has 1 aromatic carbocycles. The molecule has 3 rings (SSSR count). The number of aromatic amines is 1. The molecule has 0 spiro atoms. The van der Waals surface area contributed by atoms with Gasteiger partial charge in [-0.05, 0) is 6.07 Å². The van der Waals surface area contributed by atoms with Crippen LogP contribution in [-0.2, 0) is 6.42 Å². The Labute approximate surface area is 99.2 Å².